The summed E-state index contributed by atoms with van der Waals surface area (Å²) >= 11 is 0. The highest BCUT2D eigenvalue weighted by molar-refractivity contribution is 6.22. The first-order valence-electron chi connectivity index (χ1n) is 25.7. The molecule has 0 radical (unpaired) electrons. The van der Waals surface area contributed by atoms with Crippen molar-refractivity contribution in [2.45, 2.75) is 0 Å². The van der Waals surface area contributed by atoms with Crippen LogP contribution in [0.15, 0.2) is 162 Å². The normalized spacial score (nSPS) is 20.2. The molecule has 0 atom stereocenters. The largest absolute Gasteiger partial charge is 0.456 e. The van der Waals surface area contributed by atoms with E-state index in [1.165, 1.54) is 0 Å². The zero-order chi connectivity index (χ0) is 51.0. The maximum absolute atomic E-state index is 9.71. The van der Waals surface area contributed by atoms with Crippen molar-refractivity contribution in [1.82, 2.24) is 0 Å². The zero-order valence-corrected chi connectivity index (χ0v) is 21.4. The number of benzene rings is 8. The number of hydrogen-bond donors (Lipinski definition) is 0. The first-order valence-corrected chi connectivity index (χ1v) is 12.7. The van der Waals surface area contributed by atoms with Crippen LogP contribution in [0.2, 0.25) is 0 Å². The Bertz CT molecular complexity index is 3860. The van der Waals surface area contributed by atoms with E-state index in [9.17, 15) is 12.3 Å². The van der Waals surface area contributed by atoms with Crippen LogP contribution in [0, 0.1) is 0 Å². The molecule has 1 aromatic heterocycles. The van der Waals surface area contributed by atoms with Crippen LogP contribution in [-0.2, 0) is 0 Å². The molecule has 0 aliphatic carbocycles. The summed E-state index contributed by atoms with van der Waals surface area (Å²) in [6.45, 7) is 0. The van der Waals surface area contributed by atoms with Gasteiger partial charge in [0.25, 0.3) is 0 Å². The Morgan fingerprint density at radius 1 is 0.372 bits per heavy atom. The Morgan fingerprint density at radius 3 is 1.65 bits per heavy atom. The van der Waals surface area contributed by atoms with Crippen LogP contribution >= 0.6 is 0 Å². The molecule has 0 N–H and O–H groups in total. The van der Waals surface area contributed by atoms with E-state index >= 15 is 0 Å². The maximum Gasteiger partial charge on any atom is 0.136 e. The van der Waals surface area contributed by atoms with Gasteiger partial charge in [0.15, 0.2) is 0 Å². The van der Waals surface area contributed by atoms with Gasteiger partial charge in [0, 0.05) is 10.8 Å². The molecule has 1 heteroatoms. The number of rotatable bonds is 3. The predicted molar refractivity (Wildman–Crippen MR) is 183 cm³/mol. The van der Waals surface area contributed by atoms with Gasteiger partial charge in [0.1, 0.15) is 11.2 Å². The van der Waals surface area contributed by atoms with Crippen molar-refractivity contribution in [3.05, 3.63) is 157 Å². The monoisotopic (exact) mass is 572 g/mol. The van der Waals surface area contributed by atoms with Crippen LogP contribution in [0.25, 0.3) is 87.6 Å². The van der Waals surface area contributed by atoms with Gasteiger partial charge in [-0.25, -0.2) is 0 Å². The lowest BCUT2D eigenvalue weighted by atomic mass is 9.85. The summed E-state index contributed by atoms with van der Waals surface area (Å²) in [5.41, 5.74) is -5.46. The Hall–Kier alpha value is -5.66. The molecule has 200 valence electrons. The molecule has 0 unspecified atom stereocenters. The molecule has 0 spiro atoms. The van der Waals surface area contributed by atoms with Crippen molar-refractivity contribution in [2.75, 3.05) is 0 Å². The van der Waals surface area contributed by atoms with E-state index in [0.717, 1.165) is 0 Å². The highest BCUT2D eigenvalue weighted by Gasteiger charge is 2.19. The summed E-state index contributed by atoms with van der Waals surface area (Å²) < 4.78 is 237. The highest BCUT2D eigenvalue weighted by Crippen LogP contribution is 2.45. The third kappa shape index (κ3) is 3.72. The van der Waals surface area contributed by atoms with Crippen LogP contribution in [0.3, 0.4) is 0 Å². The summed E-state index contributed by atoms with van der Waals surface area (Å²) in [6.07, 6.45) is 0. The zero-order valence-electron chi connectivity index (χ0n) is 47.4. The Kier molecular flexibility index (Phi) is 2.13. The van der Waals surface area contributed by atoms with E-state index in [1.54, 1.807) is 0 Å². The van der Waals surface area contributed by atoms with Crippen LogP contribution < -0.4 is 0 Å². The van der Waals surface area contributed by atoms with Gasteiger partial charge in [-0.05, 0) is 89.9 Å². The Labute approximate surface area is 285 Å². The fraction of sp³-hybridized carbons (Fsp3) is 0. The third-order valence-corrected chi connectivity index (χ3v) is 6.95. The summed E-state index contributed by atoms with van der Waals surface area (Å²) in [7, 11) is 0. The molecule has 9 aromatic rings. The fourth-order valence-corrected chi connectivity index (χ4v) is 5.17. The molecule has 0 amide bonds. The smallest absolute Gasteiger partial charge is 0.136 e. The number of fused-ring (bicyclic) bond motifs is 6. The average Bonchev–Trinajstić information content (AvgIpc) is 3.72. The lowest BCUT2D eigenvalue weighted by molar-refractivity contribution is 0.669. The summed E-state index contributed by atoms with van der Waals surface area (Å²) in [4.78, 5) is 0. The molecular weight excluding hydrogens is 520 g/mol. The van der Waals surface area contributed by atoms with Gasteiger partial charge in [0.2, 0.25) is 0 Å². The number of furan rings is 1. The third-order valence-electron chi connectivity index (χ3n) is 6.95. The van der Waals surface area contributed by atoms with Gasteiger partial charge in [0.05, 0.1) is 35.6 Å². The Morgan fingerprint density at radius 2 is 0.953 bits per heavy atom. The van der Waals surface area contributed by atoms with Crippen LogP contribution in [-0.4, -0.2) is 0 Å². The topological polar surface area (TPSA) is 13.1 Å². The molecule has 0 aliphatic rings. The van der Waals surface area contributed by atoms with Crippen molar-refractivity contribution < 1.29 is 40.1 Å². The van der Waals surface area contributed by atoms with Crippen molar-refractivity contribution in [3.8, 4) is 33.4 Å². The molecule has 0 fully saturated rings. The molecule has 0 saturated carbocycles. The summed E-state index contributed by atoms with van der Waals surface area (Å²) in [6, 6.07) is -23.2. The second kappa shape index (κ2) is 9.44. The second-order valence-electron chi connectivity index (χ2n) is 9.26. The van der Waals surface area contributed by atoms with Crippen molar-refractivity contribution in [2.24, 2.45) is 0 Å². The molecule has 43 heavy (non-hydrogen) atoms. The summed E-state index contributed by atoms with van der Waals surface area (Å²) in [5, 5.41) is -4.98. The molecule has 9 rings (SSSR count). The minimum atomic E-state index is -0.997. The standard InChI is InChI=1S/C42H26O/c1-2-12-28(13-3-1)32-19-10-20-38-42(32)37-24-23-31(26-39(37)43-38)41-35-17-8-6-15-33(35)40(34-16-7-9-18-36(34)41)30-22-21-27-11-4-5-14-29(27)25-30/h1-26H/i1D,2D,3D,4D,5D,6D,7D,8D,9D,10D,11D,12D,13D,14D,15D,16D,17D,18D,19D,20D,21D,22D,23D,24D,25D,26D. The van der Waals surface area contributed by atoms with Crippen LogP contribution in [0.4, 0.5) is 0 Å². The molecule has 0 aliphatic heterocycles. The second-order valence-corrected chi connectivity index (χ2v) is 9.26. The minimum Gasteiger partial charge on any atom is -0.456 e. The van der Waals surface area contributed by atoms with Gasteiger partial charge in [-0.3, -0.25) is 0 Å². The van der Waals surface area contributed by atoms with E-state index in [-0.39, 0.29) is 0 Å². The lowest BCUT2D eigenvalue weighted by Crippen LogP contribution is -1.91. The SMILES string of the molecule is [2H]c1c([2H])c([2H])c(-c2c([2H])c([2H])c([2H])c3oc4c([2H])c(-c5c6c([2H])c([2H])c([2H])c([2H])c6c(-c6c([2H])c([2H])c7c([2H])c([2H])c([2H])c([2H])c7c6[2H])c6c([2H])c([2H])c([2H])c([2H])c56)c([2H])c([2H])c4c23)c([2H])c1[2H]. The van der Waals surface area contributed by atoms with Crippen molar-refractivity contribution in [1.29, 1.82) is 0 Å². The van der Waals surface area contributed by atoms with Gasteiger partial charge >= 0.3 is 0 Å². The molecular formula is C42H26O. The predicted octanol–water partition coefficient (Wildman–Crippen LogP) is 12.0. The van der Waals surface area contributed by atoms with Crippen LogP contribution in [0.1, 0.15) is 35.6 Å². The fourth-order valence-electron chi connectivity index (χ4n) is 5.17. The van der Waals surface area contributed by atoms with Gasteiger partial charge in [-0.15, -0.1) is 0 Å². The first kappa shape index (κ1) is 9.69. The molecule has 0 saturated heterocycles. The van der Waals surface area contributed by atoms with E-state index < -0.39 is 245 Å². The average molecular weight is 573 g/mol. The summed E-state index contributed by atoms with van der Waals surface area (Å²) in [5.74, 6) is 0. The van der Waals surface area contributed by atoms with E-state index in [1.807, 2.05) is 0 Å². The van der Waals surface area contributed by atoms with Crippen molar-refractivity contribution >= 4 is 54.3 Å². The highest BCUT2D eigenvalue weighted by atomic mass is 16.3. The van der Waals surface area contributed by atoms with Gasteiger partial charge in [-0.2, -0.15) is 0 Å². The molecule has 1 heterocycles. The quantitative estimate of drug-likeness (QED) is 0.192. The number of hydrogen-bond acceptors (Lipinski definition) is 1. The van der Waals surface area contributed by atoms with Crippen LogP contribution in [0.5, 0.6) is 0 Å². The van der Waals surface area contributed by atoms with Crippen molar-refractivity contribution in [3.63, 3.8) is 0 Å². The molecule has 8 aromatic carbocycles. The van der Waals surface area contributed by atoms with E-state index in [0.29, 0.717) is 0 Å². The van der Waals surface area contributed by atoms with Gasteiger partial charge in [-0.1, -0.05) is 133 Å². The molecule has 0 bridgehead atoms. The Balaban J connectivity index is 1.58. The minimum absolute atomic E-state index is 0.478. The van der Waals surface area contributed by atoms with E-state index in [4.69, 9.17) is 27.7 Å². The van der Waals surface area contributed by atoms with E-state index in [2.05, 4.69) is 0 Å². The first-order chi connectivity index (χ1) is 32.2. The lowest BCUT2D eigenvalue weighted by Gasteiger charge is -2.18. The maximum atomic E-state index is 9.71. The molecule has 1 nitrogen and oxygen atoms in total. The van der Waals surface area contributed by atoms with Gasteiger partial charge < -0.3 is 4.42 Å².